The van der Waals surface area contributed by atoms with E-state index in [1.54, 1.807) is 12.1 Å². The van der Waals surface area contributed by atoms with E-state index in [4.69, 9.17) is 4.74 Å². The molecule has 1 heterocycles. The fraction of sp³-hybridized carbons (Fsp3) is 0.588. The van der Waals surface area contributed by atoms with Crippen molar-refractivity contribution in [3.8, 4) is 5.75 Å². The van der Waals surface area contributed by atoms with Gasteiger partial charge in [0.1, 0.15) is 11.6 Å². The first kappa shape index (κ1) is 16.7. The molecule has 1 amide bonds. The molecule has 1 aromatic carbocycles. The van der Waals surface area contributed by atoms with Crippen molar-refractivity contribution in [3.63, 3.8) is 0 Å². The number of halogens is 1. The Morgan fingerprint density at radius 2 is 2.14 bits per heavy atom. The summed E-state index contributed by atoms with van der Waals surface area (Å²) in [6.45, 7) is 5.82. The fourth-order valence-corrected chi connectivity index (χ4v) is 2.66. The zero-order chi connectivity index (χ0) is 15.9. The maximum absolute atomic E-state index is 14.0. The molecular formula is C17H25FN2O2. The highest BCUT2D eigenvalue weighted by Crippen LogP contribution is 2.23. The molecule has 0 aliphatic carbocycles. The first-order valence-electron chi connectivity index (χ1n) is 8.01. The smallest absolute Gasteiger partial charge is 0.224 e. The van der Waals surface area contributed by atoms with Crippen LogP contribution in [0.2, 0.25) is 0 Å². The van der Waals surface area contributed by atoms with Crippen LogP contribution in [0.25, 0.3) is 0 Å². The predicted molar refractivity (Wildman–Crippen MR) is 85.6 cm³/mol. The van der Waals surface area contributed by atoms with Crippen LogP contribution in [0, 0.1) is 11.7 Å². The van der Waals surface area contributed by atoms with Crippen LogP contribution in [0.15, 0.2) is 18.2 Å². The average Bonchev–Trinajstić information content (AvgIpc) is 2.48. The lowest BCUT2D eigenvalue weighted by Crippen LogP contribution is -2.28. The van der Waals surface area contributed by atoms with E-state index >= 15 is 0 Å². The Hall–Kier alpha value is -1.62. The molecule has 1 aliphatic rings. The average molecular weight is 308 g/mol. The second-order valence-corrected chi connectivity index (χ2v) is 6.09. The van der Waals surface area contributed by atoms with Gasteiger partial charge in [-0.3, -0.25) is 4.79 Å². The molecule has 1 aromatic rings. The summed E-state index contributed by atoms with van der Waals surface area (Å²) >= 11 is 0. The van der Waals surface area contributed by atoms with Crippen molar-refractivity contribution in [1.29, 1.82) is 0 Å². The van der Waals surface area contributed by atoms with Gasteiger partial charge in [0.2, 0.25) is 5.91 Å². The molecule has 22 heavy (non-hydrogen) atoms. The van der Waals surface area contributed by atoms with Crippen LogP contribution in [0.5, 0.6) is 5.75 Å². The number of hydrogen-bond acceptors (Lipinski definition) is 3. The zero-order valence-corrected chi connectivity index (χ0v) is 13.3. The summed E-state index contributed by atoms with van der Waals surface area (Å²) in [6, 6.07) is 4.53. The maximum atomic E-state index is 14.0. The van der Waals surface area contributed by atoms with Gasteiger partial charge in [0.15, 0.2) is 0 Å². The number of rotatable bonds is 6. The van der Waals surface area contributed by atoms with Gasteiger partial charge in [-0.05, 0) is 64.3 Å². The van der Waals surface area contributed by atoms with Crippen LogP contribution >= 0.6 is 0 Å². The maximum Gasteiger partial charge on any atom is 0.224 e. The molecule has 1 aliphatic heterocycles. The van der Waals surface area contributed by atoms with E-state index < -0.39 is 5.82 Å². The van der Waals surface area contributed by atoms with Crippen molar-refractivity contribution in [3.05, 3.63) is 24.0 Å². The molecule has 5 heteroatoms. The van der Waals surface area contributed by atoms with E-state index in [1.807, 2.05) is 13.8 Å². The minimum absolute atomic E-state index is 0.00942. The Labute approximate surface area is 131 Å². The van der Waals surface area contributed by atoms with Gasteiger partial charge in [0, 0.05) is 12.5 Å². The number of ether oxygens (including phenoxy) is 1. The van der Waals surface area contributed by atoms with E-state index in [1.165, 1.54) is 6.07 Å². The highest BCUT2D eigenvalue weighted by Gasteiger charge is 2.15. The van der Waals surface area contributed by atoms with Crippen molar-refractivity contribution >= 4 is 11.6 Å². The molecule has 0 spiro atoms. The van der Waals surface area contributed by atoms with E-state index in [2.05, 4.69) is 10.6 Å². The number of hydrogen-bond donors (Lipinski definition) is 2. The van der Waals surface area contributed by atoms with Gasteiger partial charge in [-0.25, -0.2) is 4.39 Å². The molecule has 2 rings (SSSR count). The van der Waals surface area contributed by atoms with Gasteiger partial charge in [-0.2, -0.15) is 0 Å². The molecule has 0 saturated carbocycles. The lowest BCUT2D eigenvalue weighted by Gasteiger charge is -2.22. The molecule has 0 bridgehead atoms. The largest absolute Gasteiger partial charge is 0.491 e. The van der Waals surface area contributed by atoms with Crippen LogP contribution in [-0.2, 0) is 4.79 Å². The highest BCUT2D eigenvalue weighted by molar-refractivity contribution is 5.90. The summed E-state index contributed by atoms with van der Waals surface area (Å²) in [6.07, 6.45) is 3.52. The lowest BCUT2D eigenvalue weighted by atomic mass is 9.93. The van der Waals surface area contributed by atoms with Crippen molar-refractivity contribution in [1.82, 2.24) is 5.32 Å². The Bertz CT molecular complexity index is 499. The van der Waals surface area contributed by atoms with Gasteiger partial charge in [0.25, 0.3) is 0 Å². The molecule has 1 fully saturated rings. The van der Waals surface area contributed by atoms with E-state index in [0.717, 1.165) is 32.4 Å². The molecular weight excluding hydrogens is 283 g/mol. The summed E-state index contributed by atoms with van der Waals surface area (Å²) in [7, 11) is 0. The van der Waals surface area contributed by atoms with Crippen LogP contribution in [-0.4, -0.2) is 25.1 Å². The minimum atomic E-state index is -0.464. The van der Waals surface area contributed by atoms with Crippen molar-refractivity contribution < 1.29 is 13.9 Å². The number of amides is 1. The molecule has 2 N–H and O–H groups in total. The van der Waals surface area contributed by atoms with Gasteiger partial charge in [0.05, 0.1) is 11.8 Å². The quantitative estimate of drug-likeness (QED) is 0.847. The number of anilines is 1. The molecule has 0 radical (unpaired) electrons. The van der Waals surface area contributed by atoms with Crippen LogP contribution in [0.3, 0.4) is 0 Å². The Morgan fingerprint density at radius 1 is 1.41 bits per heavy atom. The number of nitrogens with one attached hydrogen (secondary N) is 2. The number of piperidine rings is 1. The predicted octanol–water partition coefficient (Wildman–Crippen LogP) is 3.33. The first-order chi connectivity index (χ1) is 10.5. The third-order valence-electron chi connectivity index (χ3n) is 3.82. The molecule has 1 saturated heterocycles. The topological polar surface area (TPSA) is 50.4 Å². The number of carbonyl (C=O) groups excluding carboxylic acids is 1. The van der Waals surface area contributed by atoms with Crippen LogP contribution in [0.4, 0.5) is 10.1 Å². The van der Waals surface area contributed by atoms with Crippen molar-refractivity contribution in [2.45, 2.75) is 45.6 Å². The van der Waals surface area contributed by atoms with Crippen LogP contribution < -0.4 is 15.4 Å². The summed E-state index contributed by atoms with van der Waals surface area (Å²) in [5.41, 5.74) is 0.214. The van der Waals surface area contributed by atoms with E-state index in [9.17, 15) is 9.18 Å². The van der Waals surface area contributed by atoms with Gasteiger partial charge >= 0.3 is 0 Å². The molecule has 0 atom stereocenters. The summed E-state index contributed by atoms with van der Waals surface area (Å²) in [5, 5.41) is 5.95. The summed E-state index contributed by atoms with van der Waals surface area (Å²) in [5.74, 6) is 0.474. The Kier molecular flexibility index (Phi) is 6.19. The third-order valence-corrected chi connectivity index (χ3v) is 3.82. The molecule has 122 valence electrons. The molecule has 0 aromatic heterocycles. The number of carbonyl (C=O) groups is 1. The zero-order valence-electron chi connectivity index (χ0n) is 13.3. The van der Waals surface area contributed by atoms with E-state index in [0.29, 0.717) is 18.1 Å². The first-order valence-corrected chi connectivity index (χ1v) is 8.01. The molecule has 0 unspecified atom stereocenters. The fourth-order valence-electron chi connectivity index (χ4n) is 2.66. The third kappa shape index (κ3) is 5.30. The molecule has 4 nitrogen and oxygen atoms in total. The second-order valence-electron chi connectivity index (χ2n) is 6.09. The van der Waals surface area contributed by atoms with Crippen molar-refractivity contribution in [2.24, 2.45) is 5.92 Å². The SMILES string of the molecule is CC(C)Oc1ccc(NC(=O)CCC2CCNCC2)c(F)c1. The summed E-state index contributed by atoms with van der Waals surface area (Å²) in [4.78, 5) is 11.9. The Morgan fingerprint density at radius 3 is 2.77 bits per heavy atom. The second kappa shape index (κ2) is 8.13. The minimum Gasteiger partial charge on any atom is -0.491 e. The van der Waals surface area contributed by atoms with Gasteiger partial charge < -0.3 is 15.4 Å². The van der Waals surface area contributed by atoms with Gasteiger partial charge in [-0.1, -0.05) is 0 Å². The lowest BCUT2D eigenvalue weighted by molar-refractivity contribution is -0.116. The van der Waals surface area contributed by atoms with Crippen molar-refractivity contribution in [2.75, 3.05) is 18.4 Å². The van der Waals surface area contributed by atoms with Gasteiger partial charge in [-0.15, -0.1) is 0 Å². The normalized spacial score (nSPS) is 15.8. The highest BCUT2D eigenvalue weighted by atomic mass is 19.1. The van der Waals surface area contributed by atoms with Crippen LogP contribution in [0.1, 0.15) is 39.5 Å². The monoisotopic (exact) mass is 308 g/mol. The standard InChI is InChI=1S/C17H25FN2O2/c1-12(2)22-14-4-5-16(15(18)11-14)20-17(21)6-3-13-7-9-19-10-8-13/h4-5,11-13,19H,3,6-10H2,1-2H3,(H,20,21). The van der Waals surface area contributed by atoms with E-state index in [-0.39, 0.29) is 17.7 Å². The number of benzene rings is 1. The summed E-state index contributed by atoms with van der Waals surface area (Å²) < 4.78 is 19.4. The Balaban J connectivity index is 1.82.